The van der Waals surface area contributed by atoms with Crippen molar-refractivity contribution >= 4 is 40.0 Å². The van der Waals surface area contributed by atoms with Gasteiger partial charge in [-0.25, -0.2) is 0 Å². The van der Waals surface area contributed by atoms with Gasteiger partial charge in [0.25, 0.3) is 0 Å². The highest BCUT2D eigenvalue weighted by Crippen LogP contribution is 2.17. The van der Waals surface area contributed by atoms with E-state index in [1.54, 1.807) is 0 Å². The van der Waals surface area contributed by atoms with Crippen LogP contribution in [0.15, 0.2) is 0 Å². The Hall–Kier alpha value is -1.19. The molecule has 9 heteroatoms. The highest BCUT2D eigenvalue weighted by atomic mass is 32.2. The van der Waals surface area contributed by atoms with E-state index in [9.17, 15) is 9.59 Å². The quantitative estimate of drug-likeness (QED) is 0.723. The predicted octanol–water partition coefficient (Wildman–Crippen LogP) is 1.08. The third-order valence-electron chi connectivity index (χ3n) is 2.90. The summed E-state index contributed by atoms with van der Waals surface area (Å²) in [6.07, 6.45) is 2.49. The fourth-order valence-corrected chi connectivity index (χ4v) is 3.53. The van der Waals surface area contributed by atoms with Crippen molar-refractivity contribution in [3.63, 3.8) is 0 Å². The van der Waals surface area contributed by atoms with Crippen LogP contribution in [0.25, 0.3) is 0 Å². The fraction of sp³-hybridized carbons (Fsp3) is 0.667. The minimum Gasteiger partial charge on any atom is -0.332 e. The zero-order valence-electron chi connectivity index (χ0n) is 12.0. The smallest absolute Gasteiger partial charge is 0.236 e. The average Bonchev–Trinajstić information content (AvgIpc) is 2.81. The summed E-state index contributed by atoms with van der Waals surface area (Å²) in [7, 11) is 0. The Bertz CT molecular complexity index is 508. The maximum atomic E-state index is 11.8. The van der Waals surface area contributed by atoms with Gasteiger partial charge in [-0.05, 0) is 13.3 Å². The summed E-state index contributed by atoms with van der Waals surface area (Å²) in [6, 6.07) is 0.190. The van der Waals surface area contributed by atoms with E-state index in [1.165, 1.54) is 23.1 Å². The van der Waals surface area contributed by atoms with Gasteiger partial charge in [0, 0.05) is 12.5 Å². The van der Waals surface area contributed by atoms with Crippen LogP contribution in [-0.2, 0) is 9.59 Å². The molecule has 0 saturated carbocycles. The second kappa shape index (κ2) is 7.71. The molecule has 0 radical (unpaired) electrons. The Morgan fingerprint density at radius 1 is 1.52 bits per heavy atom. The Morgan fingerprint density at radius 3 is 3.00 bits per heavy atom. The van der Waals surface area contributed by atoms with Crippen molar-refractivity contribution in [2.24, 2.45) is 0 Å². The highest BCUT2D eigenvalue weighted by Gasteiger charge is 2.25. The summed E-state index contributed by atoms with van der Waals surface area (Å²) < 4.78 is 0. The van der Waals surface area contributed by atoms with E-state index >= 15 is 0 Å². The van der Waals surface area contributed by atoms with Crippen LogP contribution in [0, 0.1) is 6.92 Å². The lowest BCUT2D eigenvalue weighted by atomic mass is 10.1. The molecule has 1 aliphatic rings. The predicted molar refractivity (Wildman–Crippen MR) is 84.1 cm³/mol. The van der Waals surface area contributed by atoms with Crippen molar-refractivity contribution in [2.75, 3.05) is 11.1 Å². The number of carbonyl (C=O) groups excluding carboxylic acids is 2. The molecule has 0 aromatic carbocycles. The summed E-state index contributed by atoms with van der Waals surface area (Å²) in [6.45, 7) is 3.92. The van der Waals surface area contributed by atoms with Crippen molar-refractivity contribution in [2.45, 2.75) is 44.6 Å². The van der Waals surface area contributed by atoms with Gasteiger partial charge in [-0.2, -0.15) is 0 Å². The molecule has 0 spiro atoms. The molecular formula is C12H19N5O2S2. The van der Waals surface area contributed by atoms with Gasteiger partial charge in [0.2, 0.25) is 16.9 Å². The topological polar surface area (TPSA) is 96.0 Å². The number of thioether (sulfide) groups is 1. The summed E-state index contributed by atoms with van der Waals surface area (Å²) in [5.74, 6) is 0.129. The molecule has 0 aliphatic carbocycles. The molecule has 1 aromatic rings. The lowest BCUT2D eigenvalue weighted by Gasteiger charge is -2.30. The van der Waals surface area contributed by atoms with Crippen LogP contribution in [-0.4, -0.2) is 39.3 Å². The summed E-state index contributed by atoms with van der Waals surface area (Å²) in [4.78, 5) is 23.4. The summed E-state index contributed by atoms with van der Waals surface area (Å²) in [5.41, 5.74) is -0.218. The van der Waals surface area contributed by atoms with Gasteiger partial charge in [0.05, 0.1) is 5.75 Å². The van der Waals surface area contributed by atoms with Crippen LogP contribution < -0.4 is 16.0 Å². The Labute approximate surface area is 131 Å². The molecule has 2 heterocycles. The van der Waals surface area contributed by atoms with Crippen LogP contribution in [0.3, 0.4) is 0 Å². The van der Waals surface area contributed by atoms with E-state index < -0.39 is 0 Å². The number of rotatable bonds is 6. The molecule has 1 aliphatic heterocycles. The first-order valence-corrected chi connectivity index (χ1v) is 8.70. The summed E-state index contributed by atoms with van der Waals surface area (Å²) >= 11 is 2.70. The highest BCUT2D eigenvalue weighted by molar-refractivity contribution is 8.00. The van der Waals surface area contributed by atoms with Crippen LogP contribution in [0.1, 0.15) is 31.2 Å². The molecule has 1 aromatic heterocycles. The van der Waals surface area contributed by atoms with Gasteiger partial charge in [0.1, 0.15) is 10.5 Å². The van der Waals surface area contributed by atoms with Crippen molar-refractivity contribution in [1.82, 2.24) is 20.8 Å². The Morgan fingerprint density at radius 2 is 2.33 bits per heavy atom. The van der Waals surface area contributed by atoms with E-state index in [0.717, 1.165) is 17.8 Å². The number of nitrogens with one attached hydrogen (secondary N) is 3. The molecule has 2 amide bonds. The number of hydrogen-bond acceptors (Lipinski definition) is 7. The van der Waals surface area contributed by atoms with Crippen molar-refractivity contribution < 1.29 is 9.59 Å². The molecule has 116 valence electrons. The second-order valence-electron chi connectivity index (χ2n) is 4.79. The van der Waals surface area contributed by atoms with Gasteiger partial charge in [0.15, 0.2) is 0 Å². The molecule has 2 atom stereocenters. The maximum absolute atomic E-state index is 11.8. The van der Waals surface area contributed by atoms with E-state index in [-0.39, 0.29) is 29.1 Å². The molecule has 7 nitrogen and oxygen atoms in total. The fourth-order valence-electron chi connectivity index (χ4n) is 2.03. The molecule has 3 N–H and O–H groups in total. The molecule has 2 unspecified atom stereocenters. The van der Waals surface area contributed by atoms with Crippen LogP contribution >= 0.6 is 23.1 Å². The standard InChI is InChI=1S/C12H19N5O2S2/c1-3-4-8-5-9(18)14-11(13-8)20-6-10(19)15-12-17-16-7(2)21-12/h8,11,13H,3-6H2,1-2H3,(H,14,18)(H,15,17,19). The number of aryl methyl sites for hydroxylation is 1. The molecule has 1 fully saturated rings. The van der Waals surface area contributed by atoms with E-state index in [2.05, 4.69) is 33.1 Å². The van der Waals surface area contributed by atoms with Gasteiger partial charge in [-0.1, -0.05) is 24.7 Å². The maximum Gasteiger partial charge on any atom is 0.236 e. The monoisotopic (exact) mass is 329 g/mol. The van der Waals surface area contributed by atoms with E-state index in [0.29, 0.717) is 11.6 Å². The minimum absolute atomic E-state index is 0.0323. The first-order valence-electron chi connectivity index (χ1n) is 6.83. The van der Waals surface area contributed by atoms with E-state index in [1.807, 2.05) is 6.92 Å². The number of aromatic nitrogens is 2. The average molecular weight is 329 g/mol. The number of amides is 2. The lowest BCUT2D eigenvalue weighted by molar-refractivity contribution is -0.123. The SMILES string of the molecule is CCCC1CC(=O)NC(SCC(=O)Nc2nnc(C)s2)N1. The normalized spacial score (nSPS) is 21.9. The zero-order chi connectivity index (χ0) is 15.2. The number of hydrogen-bond donors (Lipinski definition) is 3. The molecule has 1 saturated heterocycles. The molecular weight excluding hydrogens is 310 g/mol. The van der Waals surface area contributed by atoms with Crippen molar-refractivity contribution in [3.05, 3.63) is 5.01 Å². The molecule has 0 bridgehead atoms. The zero-order valence-corrected chi connectivity index (χ0v) is 13.6. The molecule has 2 rings (SSSR count). The second-order valence-corrected chi connectivity index (χ2v) is 7.06. The lowest BCUT2D eigenvalue weighted by Crippen LogP contribution is -2.54. The third-order valence-corrected chi connectivity index (χ3v) is 4.67. The van der Waals surface area contributed by atoms with Gasteiger partial charge in [-0.15, -0.1) is 22.0 Å². The van der Waals surface area contributed by atoms with Crippen molar-refractivity contribution in [1.29, 1.82) is 0 Å². The van der Waals surface area contributed by atoms with Crippen LogP contribution in [0.2, 0.25) is 0 Å². The van der Waals surface area contributed by atoms with Gasteiger partial charge < -0.3 is 5.32 Å². The summed E-state index contributed by atoms with van der Waals surface area (Å²) in [5, 5.41) is 17.9. The van der Waals surface area contributed by atoms with Gasteiger partial charge >= 0.3 is 0 Å². The number of nitrogens with zero attached hydrogens (tertiary/aromatic N) is 2. The Balaban J connectivity index is 1.76. The molecule has 21 heavy (non-hydrogen) atoms. The van der Waals surface area contributed by atoms with E-state index in [4.69, 9.17) is 0 Å². The van der Waals surface area contributed by atoms with Crippen molar-refractivity contribution in [3.8, 4) is 0 Å². The van der Waals surface area contributed by atoms with Crippen LogP contribution in [0.4, 0.5) is 5.13 Å². The largest absolute Gasteiger partial charge is 0.332 e. The first kappa shape index (κ1) is 16.2. The van der Waals surface area contributed by atoms with Gasteiger partial charge in [-0.3, -0.25) is 20.2 Å². The first-order chi connectivity index (χ1) is 10.1. The Kier molecular flexibility index (Phi) is 5.95. The minimum atomic E-state index is -0.218. The number of carbonyl (C=O) groups is 2. The van der Waals surface area contributed by atoms with Crippen LogP contribution in [0.5, 0.6) is 0 Å². The number of anilines is 1. The third kappa shape index (κ3) is 5.25.